The molecule has 3 nitrogen and oxygen atoms in total. The molecule has 0 bridgehead atoms. The van der Waals surface area contributed by atoms with Crippen LogP contribution in [-0.4, -0.2) is 17.3 Å². The SMILES string of the molecule is NCCCCC(N)C(=O)Br. The number of hydrogen-bond acceptors (Lipinski definition) is 3. The number of unbranched alkanes of at least 4 members (excludes halogenated alkanes) is 1. The molecular formula is C6H13BrN2O. The minimum Gasteiger partial charge on any atom is -0.330 e. The monoisotopic (exact) mass is 208 g/mol. The maximum atomic E-state index is 10.5. The maximum absolute atomic E-state index is 10.5. The molecule has 0 radical (unpaired) electrons. The lowest BCUT2D eigenvalue weighted by molar-refractivity contribution is -0.111. The third-order valence-electron chi connectivity index (χ3n) is 1.26. The Hall–Kier alpha value is 0.0700. The fourth-order valence-electron chi connectivity index (χ4n) is 0.622. The molecule has 10 heavy (non-hydrogen) atoms. The molecule has 4 N–H and O–H groups in total. The highest BCUT2D eigenvalue weighted by Gasteiger charge is 2.07. The summed E-state index contributed by atoms with van der Waals surface area (Å²) in [5, 5.41) is 0. The molecule has 0 saturated carbocycles. The minimum atomic E-state index is -0.355. The standard InChI is InChI=1S/C6H13BrN2O/c7-6(10)5(9)3-1-2-4-8/h5H,1-4,8-9H2. The highest BCUT2D eigenvalue weighted by Crippen LogP contribution is 2.01. The summed E-state index contributed by atoms with van der Waals surface area (Å²) in [4.78, 5) is 10.5. The number of halogens is 1. The van der Waals surface area contributed by atoms with Crippen molar-refractivity contribution in [2.75, 3.05) is 6.54 Å². The van der Waals surface area contributed by atoms with E-state index in [4.69, 9.17) is 11.5 Å². The van der Waals surface area contributed by atoms with Gasteiger partial charge >= 0.3 is 0 Å². The van der Waals surface area contributed by atoms with E-state index < -0.39 is 0 Å². The fraction of sp³-hybridized carbons (Fsp3) is 0.833. The molecule has 0 aromatic heterocycles. The van der Waals surface area contributed by atoms with Crippen molar-refractivity contribution in [2.45, 2.75) is 25.3 Å². The van der Waals surface area contributed by atoms with Gasteiger partial charge in [-0.15, -0.1) is 0 Å². The summed E-state index contributed by atoms with van der Waals surface area (Å²) < 4.78 is -0.121. The van der Waals surface area contributed by atoms with Crippen molar-refractivity contribution in [3.63, 3.8) is 0 Å². The van der Waals surface area contributed by atoms with E-state index in [1.165, 1.54) is 0 Å². The van der Waals surface area contributed by atoms with Gasteiger partial charge in [0.15, 0.2) is 0 Å². The molecule has 1 unspecified atom stereocenters. The Morgan fingerprint density at radius 2 is 2.10 bits per heavy atom. The Morgan fingerprint density at radius 3 is 2.50 bits per heavy atom. The van der Waals surface area contributed by atoms with Crippen molar-refractivity contribution < 1.29 is 4.79 Å². The predicted molar refractivity (Wildman–Crippen MR) is 44.8 cm³/mol. The summed E-state index contributed by atoms with van der Waals surface area (Å²) in [5.74, 6) is 0. The van der Waals surface area contributed by atoms with Crippen LogP contribution in [0, 0.1) is 0 Å². The fourth-order valence-corrected chi connectivity index (χ4v) is 0.851. The molecule has 1 atom stereocenters. The zero-order valence-electron chi connectivity index (χ0n) is 5.85. The highest BCUT2D eigenvalue weighted by atomic mass is 79.9. The number of nitrogens with two attached hydrogens (primary N) is 2. The smallest absolute Gasteiger partial charge is 0.214 e. The largest absolute Gasteiger partial charge is 0.330 e. The Labute approximate surface area is 69.3 Å². The second-order valence-corrected chi connectivity index (χ2v) is 2.98. The molecule has 0 rings (SSSR count). The molecule has 0 amide bonds. The molecule has 60 valence electrons. The van der Waals surface area contributed by atoms with Crippen molar-refractivity contribution in [2.24, 2.45) is 11.5 Å². The zero-order valence-corrected chi connectivity index (χ0v) is 7.43. The molecule has 0 heterocycles. The van der Waals surface area contributed by atoms with Gasteiger partial charge in [-0.05, 0) is 35.3 Å². The van der Waals surface area contributed by atoms with E-state index in [0.717, 1.165) is 19.3 Å². The lowest BCUT2D eigenvalue weighted by Gasteiger charge is -2.03. The van der Waals surface area contributed by atoms with Gasteiger partial charge in [0.1, 0.15) is 0 Å². The molecule has 0 aliphatic carbocycles. The van der Waals surface area contributed by atoms with Crippen LogP contribution < -0.4 is 11.5 Å². The van der Waals surface area contributed by atoms with Crippen LogP contribution in [0.1, 0.15) is 19.3 Å². The van der Waals surface area contributed by atoms with Crippen LogP contribution in [0.5, 0.6) is 0 Å². The molecular weight excluding hydrogens is 196 g/mol. The van der Waals surface area contributed by atoms with Crippen LogP contribution in [-0.2, 0) is 4.79 Å². The average molecular weight is 209 g/mol. The molecule has 0 aromatic carbocycles. The van der Waals surface area contributed by atoms with Gasteiger partial charge in [-0.3, -0.25) is 4.79 Å². The minimum absolute atomic E-state index is 0.121. The molecule has 4 heteroatoms. The van der Waals surface area contributed by atoms with Gasteiger partial charge in [-0.2, -0.15) is 0 Å². The maximum Gasteiger partial charge on any atom is 0.214 e. The molecule has 0 spiro atoms. The molecule has 0 saturated heterocycles. The molecule has 0 aliphatic rings. The summed E-state index contributed by atoms with van der Waals surface area (Å²) in [6, 6.07) is -0.355. The first-order valence-corrected chi connectivity index (χ1v) is 4.12. The van der Waals surface area contributed by atoms with Gasteiger partial charge in [0.2, 0.25) is 4.69 Å². The van der Waals surface area contributed by atoms with E-state index in [1.54, 1.807) is 0 Å². The van der Waals surface area contributed by atoms with E-state index in [1.807, 2.05) is 0 Å². The lowest BCUT2D eigenvalue weighted by atomic mass is 10.1. The van der Waals surface area contributed by atoms with Crippen LogP contribution in [0.2, 0.25) is 0 Å². The lowest BCUT2D eigenvalue weighted by Crippen LogP contribution is -2.26. The Balaban J connectivity index is 3.21. The highest BCUT2D eigenvalue weighted by molar-refractivity contribution is 9.18. The van der Waals surface area contributed by atoms with E-state index in [2.05, 4.69) is 15.9 Å². The molecule has 0 fully saturated rings. The first-order chi connectivity index (χ1) is 4.68. The van der Waals surface area contributed by atoms with E-state index in [9.17, 15) is 4.79 Å². The van der Waals surface area contributed by atoms with Crippen molar-refractivity contribution in [1.82, 2.24) is 0 Å². The normalized spacial score (nSPS) is 13.1. The summed E-state index contributed by atoms with van der Waals surface area (Å²) in [6.45, 7) is 0.670. The van der Waals surface area contributed by atoms with Crippen LogP contribution >= 0.6 is 15.9 Å². The van der Waals surface area contributed by atoms with Gasteiger partial charge < -0.3 is 11.5 Å². The predicted octanol–water partition coefficient (Wildman–Crippen LogP) is 0.364. The number of hydrogen-bond donors (Lipinski definition) is 2. The average Bonchev–Trinajstić information content (AvgIpc) is 1.88. The van der Waals surface area contributed by atoms with Crippen molar-refractivity contribution in [3.05, 3.63) is 0 Å². The first-order valence-electron chi connectivity index (χ1n) is 3.33. The van der Waals surface area contributed by atoms with Crippen LogP contribution in [0.3, 0.4) is 0 Å². The number of rotatable bonds is 5. The second-order valence-electron chi connectivity index (χ2n) is 2.20. The summed E-state index contributed by atoms with van der Waals surface area (Å²) >= 11 is 2.80. The van der Waals surface area contributed by atoms with Crippen molar-refractivity contribution in [3.8, 4) is 0 Å². The van der Waals surface area contributed by atoms with E-state index in [0.29, 0.717) is 6.54 Å². The van der Waals surface area contributed by atoms with Gasteiger partial charge in [0, 0.05) is 0 Å². The molecule has 0 aromatic rings. The van der Waals surface area contributed by atoms with Crippen molar-refractivity contribution >= 4 is 20.6 Å². The van der Waals surface area contributed by atoms with Gasteiger partial charge in [-0.1, -0.05) is 6.42 Å². The van der Waals surface area contributed by atoms with Crippen molar-refractivity contribution in [1.29, 1.82) is 0 Å². The third-order valence-corrected chi connectivity index (χ3v) is 1.85. The van der Waals surface area contributed by atoms with E-state index in [-0.39, 0.29) is 10.7 Å². The Bertz CT molecular complexity index is 108. The van der Waals surface area contributed by atoms with Gasteiger partial charge in [-0.25, -0.2) is 0 Å². The van der Waals surface area contributed by atoms with Gasteiger partial charge in [0.05, 0.1) is 6.04 Å². The Kier molecular flexibility index (Phi) is 5.87. The van der Waals surface area contributed by atoms with Crippen LogP contribution in [0.4, 0.5) is 0 Å². The topological polar surface area (TPSA) is 69.1 Å². The number of carbonyl (C=O) groups excluding carboxylic acids is 1. The molecule has 0 aliphatic heterocycles. The summed E-state index contributed by atoms with van der Waals surface area (Å²) in [6.07, 6.45) is 2.59. The second kappa shape index (κ2) is 5.82. The first kappa shape index (κ1) is 10.1. The zero-order chi connectivity index (χ0) is 7.98. The summed E-state index contributed by atoms with van der Waals surface area (Å²) in [5.41, 5.74) is 10.7. The van der Waals surface area contributed by atoms with Gasteiger partial charge in [0.25, 0.3) is 0 Å². The third kappa shape index (κ3) is 4.90. The van der Waals surface area contributed by atoms with E-state index >= 15 is 0 Å². The van der Waals surface area contributed by atoms with Crippen LogP contribution in [0.15, 0.2) is 0 Å². The Morgan fingerprint density at radius 1 is 1.50 bits per heavy atom. The van der Waals surface area contributed by atoms with Crippen LogP contribution in [0.25, 0.3) is 0 Å². The quantitative estimate of drug-likeness (QED) is 0.507. The number of carbonyl (C=O) groups is 1. The summed E-state index contributed by atoms with van der Waals surface area (Å²) in [7, 11) is 0.